The van der Waals surface area contributed by atoms with Crippen molar-refractivity contribution in [3.63, 3.8) is 0 Å². The molecule has 1 aliphatic heterocycles. The molecule has 0 bridgehead atoms. The summed E-state index contributed by atoms with van der Waals surface area (Å²) in [6.07, 6.45) is 5.21. The van der Waals surface area contributed by atoms with Gasteiger partial charge in [0.1, 0.15) is 0 Å². The molecule has 20 heavy (non-hydrogen) atoms. The molecule has 1 saturated heterocycles. The van der Waals surface area contributed by atoms with E-state index in [0.717, 1.165) is 32.1 Å². The molecular formula is C16H20N2O2. The molecule has 4 heteroatoms. The molecule has 1 atom stereocenters. The first-order valence-electron chi connectivity index (χ1n) is 7.26. The van der Waals surface area contributed by atoms with E-state index in [0.29, 0.717) is 0 Å². The first kappa shape index (κ1) is 13.2. The van der Waals surface area contributed by atoms with Crippen molar-refractivity contribution in [3.8, 4) is 0 Å². The Hall–Kier alpha value is -1.84. The van der Waals surface area contributed by atoms with E-state index in [1.165, 1.54) is 5.56 Å². The summed E-state index contributed by atoms with van der Waals surface area (Å²) >= 11 is 0. The lowest BCUT2D eigenvalue weighted by molar-refractivity contribution is -0.123. The van der Waals surface area contributed by atoms with E-state index >= 15 is 0 Å². The number of carbonyl (C=O) groups is 2. The van der Waals surface area contributed by atoms with Gasteiger partial charge in [0.2, 0.25) is 11.8 Å². The molecule has 4 nitrogen and oxygen atoms in total. The molecule has 1 aromatic carbocycles. The number of carbonyl (C=O) groups excluding carboxylic acids is 2. The molecule has 3 N–H and O–H groups in total. The second-order valence-electron chi connectivity index (χ2n) is 6.10. The summed E-state index contributed by atoms with van der Waals surface area (Å²) in [5.74, 6) is 0.381. The molecule has 2 amide bonds. The molecule has 3 aliphatic rings. The average molecular weight is 272 g/mol. The summed E-state index contributed by atoms with van der Waals surface area (Å²) in [6, 6.07) is 10.5. The van der Waals surface area contributed by atoms with Crippen molar-refractivity contribution < 1.29 is 9.59 Å². The molecule has 4 rings (SSSR count). The first-order valence-corrected chi connectivity index (χ1v) is 7.26. The maximum atomic E-state index is 11.6. The number of amides is 2. The Morgan fingerprint density at radius 2 is 1.85 bits per heavy atom. The third-order valence-corrected chi connectivity index (χ3v) is 4.42. The van der Waals surface area contributed by atoms with Crippen molar-refractivity contribution in [1.82, 2.24) is 5.32 Å². The summed E-state index contributed by atoms with van der Waals surface area (Å²) < 4.78 is 0. The van der Waals surface area contributed by atoms with Crippen molar-refractivity contribution >= 4 is 11.8 Å². The molecule has 106 valence electrons. The van der Waals surface area contributed by atoms with Gasteiger partial charge in [-0.05, 0) is 37.7 Å². The summed E-state index contributed by atoms with van der Waals surface area (Å²) in [5.41, 5.74) is 6.13. The van der Waals surface area contributed by atoms with Gasteiger partial charge in [0.15, 0.2) is 0 Å². The zero-order valence-corrected chi connectivity index (χ0v) is 11.5. The average Bonchev–Trinajstić information content (AvgIpc) is 3.33. The van der Waals surface area contributed by atoms with Crippen molar-refractivity contribution in [2.75, 3.05) is 0 Å². The van der Waals surface area contributed by atoms with E-state index in [-0.39, 0.29) is 29.2 Å². The van der Waals surface area contributed by atoms with E-state index < -0.39 is 0 Å². The van der Waals surface area contributed by atoms with Crippen LogP contribution in [0.15, 0.2) is 30.3 Å². The van der Waals surface area contributed by atoms with Gasteiger partial charge in [-0.1, -0.05) is 30.3 Å². The van der Waals surface area contributed by atoms with E-state index in [2.05, 4.69) is 17.4 Å². The zero-order chi connectivity index (χ0) is 14.2. The summed E-state index contributed by atoms with van der Waals surface area (Å²) in [5, 5.41) is 3.08. The van der Waals surface area contributed by atoms with E-state index in [9.17, 15) is 9.59 Å². The minimum atomic E-state index is -0.130. The van der Waals surface area contributed by atoms with Crippen LogP contribution in [0.1, 0.15) is 43.7 Å². The molecule has 0 aromatic heterocycles. The van der Waals surface area contributed by atoms with Gasteiger partial charge < -0.3 is 11.1 Å². The number of nitrogens with one attached hydrogen (secondary N) is 1. The van der Waals surface area contributed by atoms with Gasteiger partial charge >= 0.3 is 0 Å². The fourth-order valence-corrected chi connectivity index (χ4v) is 2.68. The van der Waals surface area contributed by atoms with Crippen LogP contribution < -0.4 is 11.1 Å². The van der Waals surface area contributed by atoms with Gasteiger partial charge in [0.05, 0.1) is 11.5 Å². The van der Waals surface area contributed by atoms with Gasteiger partial charge in [-0.3, -0.25) is 9.59 Å². The Labute approximate surface area is 118 Å². The SMILES string of the molecule is NC(=O)C1CC1.O=C1NC(c2ccccc2)CC12CC2. The molecule has 1 spiro atoms. The first-order chi connectivity index (χ1) is 9.61. The quantitative estimate of drug-likeness (QED) is 0.863. The van der Waals surface area contributed by atoms with Crippen LogP contribution in [0.2, 0.25) is 0 Å². The van der Waals surface area contributed by atoms with Crippen LogP contribution in [0.3, 0.4) is 0 Å². The van der Waals surface area contributed by atoms with Crippen molar-refractivity contribution in [1.29, 1.82) is 0 Å². The fraction of sp³-hybridized carbons (Fsp3) is 0.500. The van der Waals surface area contributed by atoms with Gasteiger partial charge in [-0.2, -0.15) is 0 Å². The standard InChI is InChI=1S/C12H13NO.C4H7NO/c14-11-12(6-7-12)8-10(13-11)9-4-2-1-3-5-9;5-4(6)3-1-2-3/h1-5,10H,6-8H2,(H,13,14);3H,1-2H2,(H2,5,6). The lowest BCUT2D eigenvalue weighted by atomic mass is 9.98. The number of nitrogens with two attached hydrogens (primary N) is 1. The summed E-state index contributed by atoms with van der Waals surface area (Å²) in [4.78, 5) is 21.6. The largest absolute Gasteiger partial charge is 0.369 e. The van der Waals surface area contributed by atoms with Gasteiger partial charge in [-0.25, -0.2) is 0 Å². The van der Waals surface area contributed by atoms with Crippen molar-refractivity contribution in [2.45, 2.75) is 38.1 Å². The molecule has 2 saturated carbocycles. The molecular weight excluding hydrogens is 252 g/mol. The number of primary amides is 1. The maximum Gasteiger partial charge on any atom is 0.226 e. The Bertz CT molecular complexity index is 519. The van der Waals surface area contributed by atoms with Crippen molar-refractivity contribution in [2.24, 2.45) is 17.1 Å². The van der Waals surface area contributed by atoms with E-state index in [4.69, 9.17) is 5.73 Å². The minimum Gasteiger partial charge on any atom is -0.369 e. The van der Waals surface area contributed by atoms with Crippen LogP contribution in [0, 0.1) is 11.3 Å². The molecule has 1 heterocycles. The molecule has 0 radical (unpaired) electrons. The third-order valence-electron chi connectivity index (χ3n) is 4.42. The third kappa shape index (κ3) is 2.69. The Balaban J connectivity index is 0.000000170. The van der Waals surface area contributed by atoms with Crippen LogP contribution >= 0.6 is 0 Å². The lowest BCUT2D eigenvalue weighted by Crippen LogP contribution is -2.21. The van der Waals surface area contributed by atoms with Crippen LogP contribution in [-0.4, -0.2) is 11.8 Å². The number of benzene rings is 1. The lowest BCUT2D eigenvalue weighted by Gasteiger charge is -2.09. The highest BCUT2D eigenvalue weighted by Crippen LogP contribution is 2.55. The van der Waals surface area contributed by atoms with Gasteiger partial charge in [0.25, 0.3) is 0 Å². The highest BCUT2D eigenvalue weighted by atomic mass is 16.2. The van der Waals surface area contributed by atoms with Crippen LogP contribution in [0.4, 0.5) is 0 Å². The predicted octanol–water partition coefficient (Wildman–Crippen LogP) is 1.91. The van der Waals surface area contributed by atoms with E-state index in [1.807, 2.05) is 18.2 Å². The Morgan fingerprint density at radius 3 is 2.25 bits per heavy atom. The van der Waals surface area contributed by atoms with Crippen molar-refractivity contribution in [3.05, 3.63) is 35.9 Å². The maximum absolute atomic E-state index is 11.6. The number of rotatable bonds is 2. The van der Waals surface area contributed by atoms with Gasteiger partial charge in [0, 0.05) is 5.92 Å². The Morgan fingerprint density at radius 1 is 1.20 bits per heavy atom. The predicted molar refractivity (Wildman–Crippen MR) is 75.5 cm³/mol. The summed E-state index contributed by atoms with van der Waals surface area (Å²) in [6.45, 7) is 0. The molecule has 1 unspecified atom stereocenters. The fourth-order valence-electron chi connectivity index (χ4n) is 2.68. The number of hydrogen-bond donors (Lipinski definition) is 2. The van der Waals surface area contributed by atoms with Crippen LogP contribution in [0.5, 0.6) is 0 Å². The zero-order valence-electron chi connectivity index (χ0n) is 11.5. The van der Waals surface area contributed by atoms with Crippen LogP contribution in [0.25, 0.3) is 0 Å². The highest BCUT2D eigenvalue weighted by Gasteiger charge is 2.55. The topological polar surface area (TPSA) is 72.2 Å². The minimum absolute atomic E-state index is 0.0283. The second-order valence-corrected chi connectivity index (χ2v) is 6.10. The number of hydrogen-bond acceptors (Lipinski definition) is 2. The second kappa shape index (κ2) is 4.93. The van der Waals surface area contributed by atoms with E-state index in [1.54, 1.807) is 0 Å². The molecule has 3 fully saturated rings. The smallest absolute Gasteiger partial charge is 0.226 e. The molecule has 2 aliphatic carbocycles. The summed E-state index contributed by atoms with van der Waals surface area (Å²) in [7, 11) is 0. The molecule has 1 aromatic rings. The van der Waals surface area contributed by atoms with Crippen LogP contribution in [-0.2, 0) is 9.59 Å². The van der Waals surface area contributed by atoms with Gasteiger partial charge in [-0.15, -0.1) is 0 Å². The monoisotopic (exact) mass is 272 g/mol. The Kier molecular flexibility index (Phi) is 3.24. The normalized spacial score (nSPS) is 25.6. The highest BCUT2D eigenvalue weighted by molar-refractivity contribution is 5.88.